The van der Waals surface area contributed by atoms with Crippen LogP contribution in [0.5, 0.6) is 0 Å². The van der Waals surface area contributed by atoms with Crippen molar-refractivity contribution in [1.29, 1.82) is 5.26 Å². The molecule has 6 heteroatoms. The van der Waals surface area contributed by atoms with Gasteiger partial charge in [0.25, 0.3) is 0 Å². The van der Waals surface area contributed by atoms with Crippen LogP contribution in [-0.2, 0) is 13.0 Å². The van der Waals surface area contributed by atoms with E-state index in [4.69, 9.17) is 23.2 Å². The monoisotopic (exact) mass is 332 g/mol. The lowest BCUT2D eigenvalue weighted by molar-refractivity contribution is 0.627. The second-order valence-electron chi connectivity index (χ2n) is 5.21. The van der Waals surface area contributed by atoms with Crippen molar-refractivity contribution in [2.75, 3.05) is 0 Å². The van der Waals surface area contributed by atoms with Gasteiger partial charge < -0.3 is 4.57 Å². The summed E-state index contributed by atoms with van der Waals surface area (Å²) in [6.45, 7) is 0.840. The van der Waals surface area contributed by atoms with Gasteiger partial charge in [-0.05, 0) is 31.1 Å². The molecule has 0 saturated heterocycles. The lowest BCUT2D eigenvalue weighted by Crippen LogP contribution is -2.05. The molecule has 0 N–H and O–H groups in total. The Hall–Kier alpha value is -1.83. The summed E-state index contributed by atoms with van der Waals surface area (Å²) in [5.74, 6) is 1.54. The summed E-state index contributed by atoms with van der Waals surface area (Å²) in [6.07, 6.45) is 5.94. The van der Waals surface area contributed by atoms with Crippen LogP contribution in [0, 0.1) is 11.3 Å². The molecule has 112 valence electrons. The Labute approximate surface area is 139 Å². The zero-order valence-electron chi connectivity index (χ0n) is 11.9. The maximum atomic E-state index is 9.53. The number of allylic oxidation sites excluding steroid dienone is 1. The molecule has 0 bridgehead atoms. The molecule has 0 amide bonds. The molecule has 1 aromatic heterocycles. The Morgan fingerprint density at radius 1 is 1.18 bits per heavy atom. The number of aromatic nitrogens is 3. The number of benzene rings is 1. The summed E-state index contributed by atoms with van der Waals surface area (Å²) in [5, 5.41) is 19.0. The van der Waals surface area contributed by atoms with E-state index in [1.807, 2.05) is 4.57 Å². The third-order valence-electron chi connectivity index (χ3n) is 3.76. The first-order valence-corrected chi connectivity index (χ1v) is 7.94. The Morgan fingerprint density at radius 2 is 1.95 bits per heavy atom. The average molecular weight is 333 g/mol. The number of nitriles is 1. The highest BCUT2D eigenvalue weighted by atomic mass is 35.5. The van der Waals surface area contributed by atoms with E-state index in [2.05, 4.69) is 16.3 Å². The van der Waals surface area contributed by atoms with Crippen molar-refractivity contribution in [3.63, 3.8) is 0 Å². The number of halogens is 2. The van der Waals surface area contributed by atoms with E-state index >= 15 is 0 Å². The van der Waals surface area contributed by atoms with Crippen molar-refractivity contribution >= 4 is 34.9 Å². The largest absolute Gasteiger partial charge is 0.310 e. The molecule has 1 aliphatic heterocycles. The van der Waals surface area contributed by atoms with Gasteiger partial charge in [0, 0.05) is 28.6 Å². The van der Waals surface area contributed by atoms with Gasteiger partial charge >= 0.3 is 0 Å². The minimum absolute atomic E-state index is 0.427. The first-order chi connectivity index (χ1) is 10.7. The van der Waals surface area contributed by atoms with Gasteiger partial charge in [0.15, 0.2) is 5.82 Å². The third-order valence-corrected chi connectivity index (χ3v) is 4.42. The molecule has 0 unspecified atom stereocenters. The Bertz CT molecular complexity index is 751. The van der Waals surface area contributed by atoms with Gasteiger partial charge in [-0.25, -0.2) is 0 Å². The van der Waals surface area contributed by atoms with Gasteiger partial charge in [-0.2, -0.15) is 5.26 Å². The highest BCUT2D eigenvalue weighted by molar-refractivity contribution is 6.37. The van der Waals surface area contributed by atoms with Crippen molar-refractivity contribution in [2.45, 2.75) is 32.2 Å². The summed E-state index contributed by atoms with van der Waals surface area (Å²) < 4.78 is 2.03. The van der Waals surface area contributed by atoms with E-state index in [0.29, 0.717) is 27.0 Å². The quantitative estimate of drug-likeness (QED) is 0.767. The smallest absolute Gasteiger partial charge is 0.174 e. The van der Waals surface area contributed by atoms with Crippen LogP contribution in [0.1, 0.15) is 36.5 Å². The molecule has 0 fully saturated rings. The fourth-order valence-corrected chi connectivity index (χ4v) is 3.13. The number of aryl methyl sites for hydroxylation is 1. The average Bonchev–Trinajstić information content (AvgIpc) is 2.76. The highest BCUT2D eigenvalue weighted by Crippen LogP contribution is 2.29. The van der Waals surface area contributed by atoms with Crippen LogP contribution in [0.2, 0.25) is 10.0 Å². The van der Waals surface area contributed by atoms with Crippen LogP contribution in [0.4, 0.5) is 0 Å². The summed E-state index contributed by atoms with van der Waals surface area (Å²) in [4.78, 5) is 0. The molecule has 1 aliphatic rings. The number of nitrogens with zero attached hydrogens (tertiary/aromatic N) is 4. The molecular formula is C16H14Cl2N4. The van der Waals surface area contributed by atoms with Crippen LogP contribution in [0.15, 0.2) is 18.2 Å². The molecule has 4 nitrogen and oxygen atoms in total. The topological polar surface area (TPSA) is 54.5 Å². The zero-order chi connectivity index (χ0) is 15.5. The van der Waals surface area contributed by atoms with E-state index < -0.39 is 0 Å². The summed E-state index contributed by atoms with van der Waals surface area (Å²) in [6, 6.07) is 7.47. The van der Waals surface area contributed by atoms with E-state index in [9.17, 15) is 5.26 Å². The van der Waals surface area contributed by atoms with Crippen LogP contribution >= 0.6 is 23.2 Å². The molecule has 0 radical (unpaired) electrons. The standard InChI is InChI=1S/C16H14Cl2N4/c17-13-5-4-6-14(18)12(13)9-11(10-19)16-21-20-15-7-2-1-3-8-22(15)16/h4-6,9H,1-3,7-8H2/b11-9+. The fourth-order valence-electron chi connectivity index (χ4n) is 2.62. The SMILES string of the molecule is N#C/C(=C\c1c(Cl)cccc1Cl)c1nnc2n1CCCCC2. The lowest BCUT2D eigenvalue weighted by atomic mass is 10.1. The predicted molar refractivity (Wildman–Crippen MR) is 87.5 cm³/mol. The van der Waals surface area contributed by atoms with Crippen molar-refractivity contribution in [3.8, 4) is 6.07 Å². The lowest BCUT2D eigenvalue weighted by Gasteiger charge is -2.07. The maximum Gasteiger partial charge on any atom is 0.174 e. The van der Waals surface area contributed by atoms with Crippen LogP contribution in [0.3, 0.4) is 0 Å². The van der Waals surface area contributed by atoms with Crippen LogP contribution < -0.4 is 0 Å². The third kappa shape index (κ3) is 2.87. The Morgan fingerprint density at radius 3 is 2.68 bits per heavy atom. The number of hydrogen-bond acceptors (Lipinski definition) is 3. The molecule has 22 heavy (non-hydrogen) atoms. The predicted octanol–water partition coefficient (Wildman–Crippen LogP) is 4.38. The number of rotatable bonds is 2. The van der Waals surface area contributed by atoms with Gasteiger partial charge in [0.2, 0.25) is 0 Å². The fraction of sp³-hybridized carbons (Fsp3) is 0.312. The summed E-state index contributed by atoms with van der Waals surface area (Å²) in [5.41, 5.74) is 1.06. The van der Waals surface area contributed by atoms with E-state index in [0.717, 1.165) is 31.6 Å². The van der Waals surface area contributed by atoms with E-state index in [1.165, 1.54) is 6.42 Å². The van der Waals surface area contributed by atoms with Crippen molar-refractivity contribution < 1.29 is 0 Å². The Balaban J connectivity index is 2.08. The minimum Gasteiger partial charge on any atom is -0.310 e. The van der Waals surface area contributed by atoms with E-state index in [-0.39, 0.29) is 0 Å². The molecule has 0 aliphatic carbocycles. The van der Waals surface area contributed by atoms with Gasteiger partial charge in [-0.1, -0.05) is 35.7 Å². The van der Waals surface area contributed by atoms with E-state index in [1.54, 1.807) is 24.3 Å². The van der Waals surface area contributed by atoms with Gasteiger partial charge in [-0.15, -0.1) is 10.2 Å². The molecule has 2 heterocycles. The van der Waals surface area contributed by atoms with Crippen molar-refractivity contribution in [2.24, 2.45) is 0 Å². The van der Waals surface area contributed by atoms with Gasteiger partial charge in [0.1, 0.15) is 11.9 Å². The number of hydrogen-bond donors (Lipinski definition) is 0. The molecule has 1 aromatic carbocycles. The van der Waals surface area contributed by atoms with Gasteiger partial charge in [-0.3, -0.25) is 0 Å². The number of fused-ring (bicyclic) bond motifs is 1. The molecule has 0 spiro atoms. The second kappa shape index (κ2) is 6.51. The van der Waals surface area contributed by atoms with Crippen LogP contribution in [-0.4, -0.2) is 14.8 Å². The minimum atomic E-state index is 0.427. The molecule has 0 atom stereocenters. The van der Waals surface area contributed by atoms with Crippen LogP contribution in [0.25, 0.3) is 11.6 Å². The van der Waals surface area contributed by atoms with Crippen molar-refractivity contribution in [1.82, 2.24) is 14.8 Å². The summed E-state index contributed by atoms with van der Waals surface area (Å²) >= 11 is 12.4. The van der Waals surface area contributed by atoms with Crippen molar-refractivity contribution in [3.05, 3.63) is 45.5 Å². The first-order valence-electron chi connectivity index (χ1n) is 7.19. The molecular weight excluding hydrogens is 319 g/mol. The zero-order valence-corrected chi connectivity index (χ0v) is 13.4. The maximum absolute atomic E-state index is 9.53. The second-order valence-corrected chi connectivity index (χ2v) is 6.02. The first kappa shape index (κ1) is 15.1. The molecule has 0 saturated carbocycles. The molecule has 3 rings (SSSR count). The summed E-state index contributed by atoms with van der Waals surface area (Å²) in [7, 11) is 0. The normalized spacial score (nSPS) is 15.0. The molecule has 2 aromatic rings. The Kier molecular flexibility index (Phi) is 4.47. The highest BCUT2D eigenvalue weighted by Gasteiger charge is 2.18. The van der Waals surface area contributed by atoms with Gasteiger partial charge in [0.05, 0.1) is 5.57 Å².